The van der Waals surface area contributed by atoms with E-state index in [1.54, 1.807) is 0 Å². The second-order valence-corrected chi connectivity index (χ2v) is 7.89. The van der Waals surface area contributed by atoms with Crippen LogP contribution in [0.5, 0.6) is 0 Å². The molecule has 0 aliphatic heterocycles. The molecule has 6 atom stereocenters. The van der Waals surface area contributed by atoms with Crippen molar-refractivity contribution >= 4 is 9.24 Å². The van der Waals surface area contributed by atoms with Crippen LogP contribution < -0.4 is 0 Å². The average Bonchev–Trinajstić information content (AvgIpc) is 2.44. The molecule has 0 saturated carbocycles. The van der Waals surface area contributed by atoms with Crippen molar-refractivity contribution in [2.24, 2.45) is 23.7 Å². The molecule has 0 aromatic rings. The fourth-order valence-corrected chi connectivity index (χ4v) is 3.08. The summed E-state index contributed by atoms with van der Waals surface area (Å²) >= 11 is 0. The van der Waals surface area contributed by atoms with Crippen LogP contribution in [0.3, 0.4) is 0 Å². The molecule has 1 heteroatoms. The highest BCUT2D eigenvalue weighted by Gasteiger charge is 2.22. The molecule has 0 fully saturated rings. The maximum absolute atomic E-state index is 2.95. The van der Waals surface area contributed by atoms with Crippen molar-refractivity contribution in [2.75, 3.05) is 0 Å². The smallest absolute Gasteiger partial charge is 0.0264 e. The van der Waals surface area contributed by atoms with Crippen LogP contribution in [0.15, 0.2) is 0 Å². The number of hydrogen-bond donors (Lipinski definition) is 0. The SMILES string of the molecule is CCC(C)C(CC)CC(C)[C@@H](C)[C@@H](C)P.CCCCC. The van der Waals surface area contributed by atoms with E-state index in [0.29, 0.717) is 0 Å². The molecule has 0 saturated heterocycles. The predicted octanol–water partition coefficient (Wildman–Crippen LogP) is 7.18. The van der Waals surface area contributed by atoms with E-state index in [4.69, 9.17) is 0 Å². The monoisotopic (exact) mass is 302 g/mol. The zero-order chi connectivity index (χ0) is 16.1. The van der Waals surface area contributed by atoms with Gasteiger partial charge in [-0.2, -0.15) is 0 Å². The van der Waals surface area contributed by atoms with Gasteiger partial charge in [-0.05, 0) is 35.8 Å². The van der Waals surface area contributed by atoms with Crippen LogP contribution in [-0.2, 0) is 0 Å². The Hall–Kier alpha value is 0.430. The van der Waals surface area contributed by atoms with E-state index in [0.717, 1.165) is 29.3 Å². The minimum Gasteiger partial charge on any atom is -0.134 e. The highest BCUT2D eigenvalue weighted by molar-refractivity contribution is 7.17. The Kier molecular flexibility index (Phi) is 16.3. The number of rotatable bonds is 9. The van der Waals surface area contributed by atoms with E-state index in [1.165, 1.54) is 38.5 Å². The summed E-state index contributed by atoms with van der Waals surface area (Å²) in [5, 5.41) is 0. The molecule has 0 aromatic carbocycles. The first-order valence-electron chi connectivity index (χ1n) is 9.10. The van der Waals surface area contributed by atoms with Gasteiger partial charge in [0.05, 0.1) is 0 Å². The first-order chi connectivity index (χ1) is 9.35. The van der Waals surface area contributed by atoms with Gasteiger partial charge in [-0.25, -0.2) is 0 Å². The molecule has 0 rings (SSSR count). The summed E-state index contributed by atoms with van der Waals surface area (Å²) in [6.07, 6.45) is 8.16. The molecule has 0 heterocycles. The highest BCUT2D eigenvalue weighted by atomic mass is 31.0. The van der Waals surface area contributed by atoms with Gasteiger partial charge in [-0.3, -0.25) is 0 Å². The van der Waals surface area contributed by atoms with Gasteiger partial charge < -0.3 is 0 Å². The Bertz CT molecular complexity index is 186. The molecule has 0 nitrogen and oxygen atoms in total. The van der Waals surface area contributed by atoms with E-state index >= 15 is 0 Å². The van der Waals surface area contributed by atoms with Crippen LogP contribution in [0.25, 0.3) is 0 Å². The van der Waals surface area contributed by atoms with Gasteiger partial charge in [-0.1, -0.05) is 87.5 Å². The molecule has 124 valence electrons. The first-order valence-corrected chi connectivity index (χ1v) is 9.77. The van der Waals surface area contributed by atoms with Crippen molar-refractivity contribution in [3.8, 4) is 0 Å². The quantitative estimate of drug-likeness (QED) is 0.396. The van der Waals surface area contributed by atoms with Gasteiger partial charge >= 0.3 is 0 Å². The molecule has 0 radical (unpaired) electrons. The average molecular weight is 303 g/mol. The van der Waals surface area contributed by atoms with E-state index in [-0.39, 0.29) is 0 Å². The summed E-state index contributed by atoms with van der Waals surface area (Å²) in [6, 6.07) is 0. The van der Waals surface area contributed by atoms with Crippen LogP contribution in [0.2, 0.25) is 0 Å². The maximum atomic E-state index is 2.95. The normalized spacial score (nSPS) is 18.4. The van der Waals surface area contributed by atoms with Crippen molar-refractivity contribution < 1.29 is 0 Å². The zero-order valence-electron chi connectivity index (χ0n) is 15.7. The van der Waals surface area contributed by atoms with Gasteiger partial charge in [0.1, 0.15) is 0 Å². The lowest BCUT2D eigenvalue weighted by molar-refractivity contribution is 0.236. The predicted molar refractivity (Wildman–Crippen MR) is 101 cm³/mol. The van der Waals surface area contributed by atoms with Crippen LogP contribution in [0.4, 0.5) is 0 Å². The van der Waals surface area contributed by atoms with Crippen molar-refractivity contribution in [1.29, 1.82) is 0 Å². The Labute approximate surface area is 133 Å². The minimum atomic E-state index is 0.745. The third kappa shape index (κ3) is 11.1. The van der Waals surface area contributed by atoms with Gasteiger partial charge in [0, 0.05) is 0 Å². The van der Waals surface area contributed by atoms with Gasteiger partial charge in [0.2, 0.25) is 0 Å². The van der Waals surface area contributed by atoms with Crippen LogP contribution in [0.1, 0.15) is 93.9 Å². The maximum Gasteiger partial charge on any atom is -0.0264 e. The van der Waals surface area contributed by atoms with E-state index in [2.05, 4.69) is 64.6 Å². The van der Waals surface area contributed by atoms with Gasteiger partial charge in [0.15, 0.2) is 0 Å². The molecule has 0 aliphatic carbocycles. The van der Waals surface area contributed by atoms with E-state index in [9.17, 15) is 0 Å². The van der Waals surface area contributed by atoms with Crippen LogP contribution in [-0.4, -0.2) is 5.66 Å². The minimum absolute atomic E-state index is 0.745. The Morgan fingerprint density at radius 1 is 0.750 bits per heavy atom. The lowest BCUT2D eigenvalue weighted by Gasteiger charge is -2.29. The molecule has 0 N–H and O–H groups in total. The number of hydrogen-bond acceptors (Lipinski definition) is 0. The molecular weight excluding hydrogens is 259 g/mol. The Morgan fingerprint density at radius 2 is 1.25 bits per heavy atom. The molecule has 20 heavy (non-hydrogen) atoms. The molecule has 0 amide bonds. The van der Waals surface area contributed by atoms with Gasteiger partial charge in [0.25, 0.3) is 0 Å². The second-order valence-electron chi connectivity index (χ2n) is 6.84. The highest BCUT2D eigenvalue weighted by Crippen LogP contribution is 2.31. The van der Waals surface area contributed by atoms with E-state index in [1.807, 2.05) is 0 Å². The Balaban J connectivity index is 0. The lowest BCUT2D eigenvalue weighted by atomic mass is 9.78. The topological polar surface area (TPSA) is 0 Å². The zero-order valence-corrected chi connectivity index (χ0v) is 16.9. The van der Waals surface area contributed by atoms with E-state index < -0.39 is 0 Å². The van der Waals surface area contributed by atoms with Crippen molar-refractivity contribution in [3.63, 3.8) is 0 Å². The summed E-state index contributed by atoms with van der Waals surface area (Å²) in [6.45, 7) is 18.6. The fraction of sp³-hybridized carbons (Fsp3) is 1.00. The van der Waals surface area contributed by atoms with Crippen molar-refractivity contribution in [3.05, 3.63) is 0 Å². The molecule has 0 bridgehead atoms. The van der Waals surface area contributed by atoms with Crippen LogP contribution in [0, 0.1) is 23.7 Å². The molecule has 0 aromatic heterocycles. The van der Waals surface area contributed by atoms with Crippen molar-refractivity contribution in [2.45, 2.75) is 99.6 Å². The molecule has 0 aliphatic rings. The van der Waals surface area contributed by atoms with Crippen molar-refractivity contribution in [1.82, 2.24) is 0 Å². The summed E-state index contributed by atoms with van der Waals surface area (Å²) in [4.78, 5) is 0. The lowest BCUT2D eigenvalue weighted by Crippen LogP contribution is -2.21. The Morgan fingerprint density at radius 3 is 1.50 bits per heavy atom. The summed E-state index contributed by atoms with van der Waals surface area (Å²) < 4.78 is 0. The number of unbranched alkanes of at least 4 members (excludes halogenated alkanes) is 2. The summed E-state index contributed by atoms with van der Waals surface area (Å²) in [5.41, 5.74) is 0.745. The third-order valence-electron chi connectivity index (χ3n) is 5.08. The molecular formula is C19H43P. The third-order valence-corrected chi connectivity index (χ3v) is 5.69. The standard InChI is InChI=1S/C14H31P.C5H12/c1-7-10(3)14(8-2)9-11(4)12(5)13(6)15;1-3-5-4-2/h10-14H,7-9,15H2,1-6H3;3-5H2,1-2H3/t10?,11?,12-,13-,14?;/m1./s1. The largest absolute Gasteiger partial charge is 0.134 e. The van der Waals surface area contributed by atoms with Gasteiger partial charge in [-0.15, -0.1) is 9.24 Å². The molecule has 4 unspecified atom stereocenters. The molecule has 0 spiro atoms. The van der Waals surface area contributed by atoms with Crippen LogP contribution >= 0.6 is 9.24 Å². The first kappa shape index (κ1) is 22.7. The fourth-order valence-electron chi connectivity index (χ4n) is 2.70. The second kappa shape index (κ2) is 14.4. The summed E-state index contributed by atoms with van der Waals surface area (Å²) in [7, 11) is 2.95. The summed E-state index contributed by atoms with van der Waals surface area (Å²) in [5.74, 6) is 3.50.